The number of hydrazone groups is 1. The minimum absolute atomic E-state index is 0.00497. The van der Waals surface area contributed by atoms with Gasteiger partial charge in [0.05, 0.1) is 18.2 Å². The van der Waals surface area contributed by atoms with Gasteiger partial charge in [0.1, 0.15) is 4.90 Å². The van der Waals surface area contributed by atoms with Gasteiger partial charge in [-0.1, -0.05) is 6.07 Å². The minimum atomic E-state index is -4.40. The van der Waals surface area contributed by atoms with Crippen LogP contribution in [0.5, 0.6) is 11.5 Å². The fraction of sp³-hybridized carbons (Fsp3) is 0.118. The Morgan fingerprint density at radius 3 is 2.50 bits per heavy atom. The molecule has 0 atom stereocenters. The highest BCUT2D eigenvalue weighted by Crippen LogP contribution is 2.31. The molecule has 2 aromatic rings. The van der Waals surface area contributed by atoms with E-state index in [0.717, 1.165) is 12.3 Å². The largest absolute Gasteiger partial charge is 0.493 e. The summed E-state index contributed by atoms with van der Waals surface area (Å²) in [6.07, 6.45) is 1.16. The van der Waals surface area contributed by atoms with Crippen molar-refractivity contribution in [2.24, 2.45) is 10.8 Å². The average Bonchev–Trinajstić information content (AvgIpc) is 2.68. The summed E-state index contributed by atoms with van der Waals surface area (Å²) in [6, 6.07) is 7.39. The monoisotopic (exact) mass is 436 g/mol. The van der Waals surface area contributed by atoms with Crippen molar-refractivity contribution in [3.63, 3.8) is 0 Å². The molecule has 0 saturated carbocycles. The zero-order valence-corrected chi connectivity index (χ0v) is 16.5. The number of carbonyl (C=O) groups excluding carboxylic acids is 2. The summed E-state index contributed by atoms with van der Waals surface area (Å²) < 4.78 is 35.2. The molecule has 2 amide bonds. The highest BCUT2D eigenvalue weighted by atomic mass is 32.2. The van der Waals surface area contributed by atoms with E-state index in [0.29, 0.717) is 11.1 Å². The van der Waals surface area contributed by atoms with Gasteiger partial charge in [-0.2, -0.15) is 13.5 Å². The van der Waals surface area contributed by atoms with Crippen LogP contribution in [0.4, 0.5) is 5.69 Å². The van der Waals surface area contributed by atoms with E-state index >= 15 is 0 Å². The lowest BCUT2D eigenvalue weighted by atomic mass is 10.2. The molecule has 158 valence electrons. The van der Waals surface area contributed by atoms with Crippen molar-refractivity contribution in [1.29, 1.82) is 0 Å². The Bertz CT molecular complexity index is 1140. The highest BCUT2D eigenvalue weighted by Gasteiger charge is 2.23. The van der Waals surface area contributed by atoms with Crippen molar-refractivity contribution in [2.75, 3.05) is 7.11 Å². The van der Waals surface area contributed by atoms with Gasteiger partial charge in [0.2, 0.25) is 0 Å². The molecule has 0 aromatic heterocycles. The first-order valence-corrected chi connectivity index (χ1v) is 9.46. The molecule has 12 nitrogen and oxygen atoms in total. The van der Waals surface area contributed by atoms with E-state index in [9.17, 15) is 28.1 Å². The minimum Gasteiger partial charge on any atom is -0.493 e. The molecule has 30 heavy (non-hydrogen) atoms. The van der Waals surface area contributed by atoms with Crippen molar-refractivity contribution >= 4 is 33.8 Å². The summed E-state index contributed by atoms with van der Waals surface area (Å²) in [5, 5.41) is 14.6. The molecule has 13 heteroatoms. The number of hydrogen-bond donors (Lipinski definition) is 2. The lowest BCUT2D eigenvalue weighted by Crippen LogP contribution is -2.32. The highest BCUT2D eigenvalue weighted by molar-refractivity contribution is 7.87. The number of amides is 2. The van der Waals surface area contributed by atoms with Gasteiger partial charge in [-0.15, -0.1) is 0 Å². The van der Waals surface area contributed by atoms with E-state index in [4.69, 9.17) is 14.7 Å². The van der Waals surface area contributed by atoms with Gasteiger partial charge < -0.3 is 14.7 Å². The molecule has 2 aromatic carbocycles. The van der Waals surface area contributed by atoms with E-state index in [-0.39, 0.29) is 17.2 Å². The molecule has 0 saturated heterocycles. The third-order valence-corrected chi connectivity index (χ3v) is 4.89. The maximum atomic E-state index is 12.5. The maximum Gasteiger partial charge on any atom is 0.339 e. The fourth-order valence-corrected chi connectivity index (χ4v) is 3.12. The van der Waals surface area contributed by atoms with Crippen LogP contribution in [0.15, 0.2) is 46.4 Å². The summed E-state index contributed by atoms with van der Waals surface area (Å²) in [5.41, 5.74) is 6.96. The number of hydrogen-bond acceptors (Lipinski definition) is 9. The Labute approximate surface area is 170 Å². The predicted molar refractivity (Wildman–Crippen MR) is 104 cm³/mol. The normalized spacial score (nSPS) is 11.1. The summed E-state index contributed by atoms with van der Waals surface area (Å²) in [7, 11) is -3.13. The van der Waals surface area contributed by atoms with Gasteiger partial charge in [0.15, 0.2) is 11.5 Å². The van der Waals surface area contributed by atoms with Crippen LogP contribution in [-0.2, 0) is 19.7 Å². The molecule has 0 heterocycles. The molecular formula is C17H16N4O8S. The molecule has 0 aliphatic rings. The maximum absolute atomic E-state index is 12.5. The second-order valence-electron chi connectivity index (χ2n) is 5.72. The smallest absolute Gasteiger partial charge is 0.339 e. The fourth-order valence-electron chi connectivity index (χ4n) is 2.16. The summed E-state index contributed by atoms with van der Waals surface area (Å²) >= 11 is 0. The number of nitrogens with zero attached hydrogens (tertiary/aromatic N) is 2. The van der Waals surface area contributed by atoms with Gasteiger partial charge in [-0.25, -0.2) is 5.43 Å². The number of nitrogens with two attached hydrogens (primary N) is 1. The Morgan fingerprint density at radius 1 is 1.20 bits per heavy atom. The predicted octanol–water partition coefficient (Wildman–Crippen LogP) is 0.615. The molecule has 0 spiro atoms. The summed E-state index contributed by atoms with van der Waals surface area (Å²) in [5.74, 6) is -2.50. The number of benzene rings is 2. The van der Waals surface area contributed by atoms with Crippen LogP contribution in [0.1, 0.15) is 11.1 Å². The molecule has 0 aliphatic heterocycles. The zero-order chi connectivity index (χ0) is 22.5. The van der Waals surface area contributed by atoms with E-state index in [1.165, 1.54) is 44.4 Å². The quantitative estimate of drug-likeness (QED) is 0.208. The third kappa shape index (κ3) is 5.29. The Hall–Kier alpha value is -4.00. The van der Waals surface area contributed by atoms with Crippen molar-refractivity contribution in [1.82, 2.24) is 5.43 Å². The Kier molecular flexibility index (Phi) is 6.69. The lowest BCUT2D eigenvalue weighted by molar-refractivity contribution is -0.385. The van der Waals surface area contributed by atoms with Crippen LogP contribution in [0.2, 0.25) is 0 Å². The van der Waals surface area contributed by atoms with Gasteiger partial charge >= 0.3 is 21.9 Å². The van der Waals surface area contributed by atoms with Crippen LogP contribution in [0, 0.1) is 17.0 Å². The number of methoxy groups -OCH3 is 1. The van der Waals surface area contributed by atoms with Gasteiger partial charge in [-0.3, -0.25) is 19.7 Å². The second kappa shape index (κ2) is 9.00. The topological polar surface area (TPSA) is 180 Å². The van der Waals surface area contributed by atoms with Gasteiger partial charge in [-0.05, 0) is 36.8 Å². The second-order valence-corrected chi connectivity index (χ2v) is 7.26. The molecule has 0 unspecified atom stereocenters. The number of primary amides is 1. The SMILES string of the molecule is COc1cc(C=NNC(=O)C(N)=O)ccc1OS(=O)(=O)c1ccc(C)c([N+](=O)[O-])c1. The number of ether oxygens (including phenoxy) is 1. The first-order chi connectivity index (χ1) is 14.0. The number of nitro groups is 1. The van der Waals surface area contributed by atoms with Crippen molar-refractivity contribution in [3.05, 3.63) is 57.6 Å². The summed E-state index contributed by atoms with van der Waals surface area (Å²) in [4.78, 5) is 31.6. The van der Waals surface area contributed by atoms with E-state index in [1.807, 2.05) is 5.43 Å². The van der Waals surface area contributed by atoms with Crippen LogP contribution in [0.3, 0.4) is 0 Å². The van der Waals surface area contributed by atoms with Crippen molar-refractivity contribution in [3.8, 4) is 11.5 Å². The molecule has 2 rings (SSSR count). The van der Waals surface area contributed by atoms with Crippen molar-refractivity contribution in [2.45, 2.75) is 11.8 Å². The number of aryl methyl sites for hydroxylation is 1. The van der Waals surface area contributed by atoms with Crippen LogP contribution in [-0.4, -0.2) is 38.5 Å². The number of rotatable bonds is 7. The number of carbonyl (C=O) groups is 2. The van der Waals surface area contributed by atoms with Crippen LogP contribution in [0.25, 0.3) is 0 Å². The average molecular weight is 436 g/mol. The summed E-state index contributed by atoms with van der Waals surface area (Å²) in [6.45, 7) is 1.48. The third-order valence-electron chi connectivity index (χ3n) is 3.66. The van der Waals surface area contributed by atoms with E-state index in [1.54, 1.807) is 0 Å². The molecule has 0 aliphatic carbocycles. The number of nitrogens with one attached hydrogen (secondary N) is 1. The van der Waals surface area contributed by atoms with E-state index in [2.05, 4.69) is 5.10 Å². The first kappa shape index (κ1) is 22.3. The van der Waals surface area contributed by atoms with E-state index < -0.39 is 31.8 Å². The molecule has 3 N–H and O–H groups in total. The zero-order valence-electron chi connectivity index (χ0n) is 15.7. The van der Waals surface area contributed by atoms with Gasteiger partial charge in [0, 0.05) is 11.6 Å². The van der Waals surface area contributed by atoms with Crippen molar-refractivity contribution < 1.29 is 31.9 Å². The Balaban J connectivity index is 2.28. The van der Waals surface area contributed by atoms with Crippen LogP contribution < -0.4 is 20.1 Å². The standard InChI is InChI=1S/C17H16N4O8S/c1-10-3-5-12(8-13(10)21(24)25)30(26,27)29-14-6-4-11(7-15(14)28-2)9-19-20-17(23)16(18)22/h3-9H,1-2H3,(H2,18,22)(H,20,23). The van der Waals surface area contributed by atoms with Crippen LogP contribution >= 0.6 is 0 Å². The molecule has 0 radical (unpaired) electrons. The lowest BCUT2D eigenvalue weighted by Gasteiger charge is -2.11. The van der Waals surface area contributed by atoms with Gasteiger partial charge in [0.25, 0.3) is 5.69 Å². The molecule has 0 fully saturated rings. The Morgan fingerprint density at radius 2 is 1.90 bits per heavy atom. The number of nitro benzene ring substituents is 1. The molecular weight excluding hydrogens is 420 g/mol. The molecule has 0 bridgehead atoms. The first-order valence-electron chi connectivity index (χ1n) is 8.05.